The summed E-state index contributed by atoms with van der Waals surface area (Å²) in [7, 11) is -3.36. The van der Waals surface area contributed by atoms with Crippen molar-refractivity contribution in [3.8, 4) is 0 Å². The van der Waals surface area contributed by atoms with Gasteiger partial charge in [0.1, 0.15) is 5.82 Å². The summed E-state index contributed by atoms with van der Waals surface area (Å²) in [5.74, 6) is 1.35. The SMILES string of the molecule is Cc1cccc(NCC2CCN(S(=O)(=O)c3ccccc3)CC2)n1. The van der Waals surface area contributed by atoms with E-state index in [9.17, 15) is 8.42 Å². The molecular formula is C18H23N3O2S. The van der Waals surface area contributed by atoms with E-state index in [4.69, 9.17) is 0 Å². The highest BCUT2D eigenvalue weighted by Gasteiger charge is 2.29. The molecule has 0 bridgehead atoms. The number of hydrogen-bond donors (Lipinski definition) is 1. The molecule has 0 radical (unpaired) electrons. The molecule has 1 aliphatic heterocycles. The van der Waals surface area contributed by atoms with Crippen LogP contribution in [0.4, 0.5) is 5.82 Å². The summed E-state index contributed by atoms with van der Waals surface area (Å²) in [6.45, 7) is 3.95. The van der Waals surface area contributed by atoms with E-state index >= 15 is 0 Å². The topological polar surface area (TPSA) is 62.3 Å². The Bertz CT molecular complexity index is 770. The van der Waals surface area contributed by atoms with Crippen molar-refractivity contribution in [2.45, 2.75) is 24.7 Å². The van der Waals surface area contributed by atoms with Gasteiger partial charge in [-0.1, -0.05) is 24.3 Å². The molecule has 1 aromatic heterocycles. The highest BCUT2D eigenvalue weighted by atomic mass is 32.2. The van der Waals surface area contributed by atoms with Crippen LogP contribution in [0.2, 0.25) is 0 Å². The van der Waals surface area contributed by atoms with E-state index in [0.29, 0.717) is 23.9 Å². The van der Waals surface area contributed by atoms with Crippen molar-refractivity contribution in [3.05, 3.63) is 54.2 Å². The van der Waals surface area contributed by atoms with Crippen LogP contribution >= 0.6 is 0 Å². The van der Waals surface area contributed by atoms with Crippen molar-refractivity contribution < 1.29 is 8.42 Å². The van der Waals surface area contributed by atoms with Crippen molar-refractivity contribution in [2.75, 3.05) is 25.0 Å². The van der Waals surface area contributed by atoms with Gasteiger partial charge < -0.3 is 5.32 Å². The van der Waals surface area contributed by atoms with Gasteiger partial charge in [0.15, 0.2) is 0 Å². The Morgan fingerprint density at radius 2 is 1.79 bits per heavy atom. The number of pyridine rings is 1. The molecule has 1 N–H and O–H groups in total. The first kappa shape index (κ1) is 16.9. The zero-order valence-corrected chi connectivity index (χ0v) is 14.7. The first-order valence-corrected chi connectivity index (χ1v) is 9.72. The van der Waals surface area contributed by atoms with Crippen LogP contribution in [0, 0.1) is 12.8 Å². The summed E-state index contributed by atoms with van der Waals surface area (Å²) in [6, 6.07) is 14.6. The lowest BCUT2D eigenvalue weighted by Gasteiger charge is -2.31. The van der Waals surface area contributed by atoms with Gasteiger partial charge in [-0.05, 0) is 49.9 Å². The Hall–Kier alpha value is -1.92. The molecule has 2 heterocycles. The Morgan fingerprint density at radius 1 is 1.08 bits per heavy atom. The van der Waals surface area contributed by atoms with Crippen LogP contribution in [0.25, 0.3) is 0 Å². The maximum atomic E-state index is 12.6. The third-order valence-corrected chi connectivity index (χ3v) is 6.33. The molecule has 5 nitrogen and oxygen atoms in total. The second-order valence-corrected chi connectivity index (χ2v) is 8.14. The van der Waals surface area contributed by atoms with Crippen molar-refractivity contribution in [2.24, 2.45) is 5.92 Å². The number of aryl methyl sites for hydroxylation is 1. The standard InChI is InChI=1S/C18H23N3O2S/c1-15-6-5-9-18(20-15)19-14-16-10-12-21(13-11-16)24(22,23)17-7-3-2-4-8-17/h2-9,16H,10-14H2,1H3,(H,19,20). The molecule has 1 saturated heterocycles. The lowest BCUT2D eigenvalue weighted by molar-refractivity contribution is 0.282. The van der Waals surface area contributed by atoms with Gasteiger partial charge in [-0.3, -0.25) is 0 Å². The van der Waals surface area contributed by atoms with Crippen LogP contribution in [0.1, 0.15) is 18.5 Å². The number of nitrogens with one attached hydrogen (secondary N) is 1. The van der Waals surface area contributed by atoms with Crippen LogP contribution in [0.5, 0.6) is 0 Å². The quantitative estimate of drug-likeness (QED) is 0.905. The predicted octanol–water partition coefficient (Wildman–Crippen LogP) is 2.90. The number of rotatable bonds is 5. The molecule has 6 heteroatoms. The number of benzene rings is 1. The number of aromatic nitrogens is 1. The number of hydrogen-bond acceptors (Lipinski definition) is 4. The summed E-state index contributed by atoms with van der Waals surface area (Å²) >= 11 is 0. The third kappa shape index (κ3) is 3.94. The molecular weight excluding hydrogens is 322 g/mol. The smallest absolute Gasteiger partial charge is 0.243 e. The van der Waals surface area contributed by atoms with Crippen LogP contribution in [-0.2, 0) is 10.0 Å². The van der Waals surface area contributed by atoms with Crippen molar-refractivity contribution >= 4 is 15.8 Å². The molecule has 3 rings (SSSR count). The average Bonchev–Trinajstić information content (AvgIpc) is 2.61. The number of sulfonamides is 1. The Labute approximate surface area is 143 Å². The fourth-order valence-electron chi connectivity index (χ4n) is 2.99. The molecule has 2 aromatic rings. The molecule has 1 fully saturated rings. The van der Waals surface area contributed by atoms with Crippen LogP contribution < -0.4 is 5.32 Å². The lowest BCUT2D eigenvalue weighted by Crippen LogP contribution is -2.39. The summed E-state index contributed by atoms with van der Waals surface area (Å²) in [5, 5.41) is 3.36. The van der Waals surface area contributed by atoms with Gasteiger partial charge in [0, 0.05) is 25.3 Å². The molecule has 0 aliphatic carbocycles. The molecule has 0 atom stereocenters. The van der Waals surface area contributed by atoms with Gasteiger partial charge in [-0.2, -0.15) is 4.31 Å². The van der Waals surface area contributed by atoms with E-state index in [1.807, 2.05) is 31.2 Å². The molecule has 0 saturated carbocycles. The normalized spacial score (nSPS) is 16.9. The summed E-state index contributed by atoms with van der Waals surface area (Å²) in [4.78, 5) is 4.81. The van der Waals surface area contributed by atoms with E-state index in [-0.39, 0.29) is 0 Å². The van der Waals surface area contributed by atoms with E-state index < -0.39 is 10.0 Å². The summed E-state index contributed by atoms with van der Waals surface area (Å²) in [6.07, 6.45) is 1.73. The second-order valence-electron chi connectivity index (χ2n) is 6.21. The molecule has 128 valence electrons. The maximum absolute atomic E-state index is 12.6. The predicted molar refractivity (Wildman–Crippen MR) is 95.4 cm³/mol. The van der Waals surface area contributed by atoms with Gasteiger partial charge >= 0.3 is 0 Å². The second kappa shape index (κ2) is 7.32. The van der Waals surface area contributed by atoms with Gasteiger partial charge in [-0.15, -0.1) is 0 Å². The Kier molecular flexibility index (Phi) is 5.16. The number of anilines is 1. The largest absolute Gasteiger partial charge is 0.370 e. The van der Waals surface area contributed by atoms with Gasteiger partial charge in [0.25, 0.3) is 0 Å². The lowest BCUT2D eigenvalue weighted by atomic mass is 9.98. The molecule has 1 aromatic carbocycles. The molecule has 24 heavy (non-hydrogen) atoms. The van der Waals surface area contributed by atoms with E-state index in [2.05, 4.69) is 10.3 Å². The highest BCUT2D eigenvalue weighted by molar-refractivity contribution is 7.89. The molecule has 0 spiro atoms. The van der Waals surface area contributed by atoms with E-state index in [1.165, 1.54) is 0 Å². The molecule has 0 unspecified atom stereocenters. The minimum atomic E-state index is -3.36. The summed E-state index contributed by atoms with van der Waals surface area (Å²) < 4.78 is 26.8. The fourth-order valence-corrected chi connectivity index (χ4v) is 4.48. The zero-order chi connectivity index (χ0) is 17.0. The van der Waals surface area contributed by atoms with Crippen LogP contribution in [-0.4, -0.2) is 37.3 Å². The fraction of sp³-hybridized carbons (Fsp3) is 0.389. The minimum Gasteiger partial charge on any atom is -0.370 e. The highest BCUT2D eigenvalue weighted by Crippen LogP contribution is 2.24. The van der Waals surface area contributed by atoms with Crippen molar-refractivity contribution in [1.29, 1.82) is 0 Å². The van der Waals surface area contributed by atoms with Crippen molar-refractivity contribution in [3.63, 3.8) is 0 Å². The minimum absolute atomic E-state index is 0.380. The van der Waals surface area contributed by atoms with Gasteiger partial charge in [-0.25, -0.2) is 13.4 Å². The summed E-state index contributed by atoms with van der Waals surface area (Å²) in [5.41, 5.74) is 0.990. The average molecular weight is 345 g/mol. The first-order valence-electron chi connectivity index (χ1n) is 8.28. The third-order valence-electron chi connectivity index (χ3n) is 4.41. The first-order chi connectivity index (χ1) is 11.6. The maximum Gasteiger partial charge on any atom is 0.243 e. The van der Waals surface area contributed by atoms with Gasteiger partial charge in [0.05, 0.1) is 4.90 Å². The van der Waals surface area contributed by atoms with Crippen LogP contribution in [0.15, 0.2) is 53.4 Å². The van der Waals surface area contributed by atoms with Gasteiger partial charge in [0.2, 0.25) is 10.0 Å². The molecule has 0 amide bonds. The number of piperidine rings is 1. The van der Waals surface area contributed by atoms with E-state index in [1.54, 1.807) is 28.6 Å². The Balaban J connectivity index is 1.54. The Morgan fingerprint density at radius 3 is 2.46 bits per heavy atom. The zero-order valence-electron chi connectivity index (χ0n) is 13.9. The molecule has 1 aliphatic rings. The van der Waals surface area contributed by atoms with Crippen molar-refractivity contribution in [1.82, 2.24) is 9.29 Å². The van der Waals surface area contributed by atoms with E-state index in [0.717, 1.165) is 30.9 Å². The monoisotopic (exact) mass is 345 g/mol. The van der Waals surface area contributed by atoms with Crippen LogP contribution in [0.3, 0.4) is 0 Å². The number of nitrogens with zero attached hydrogens (tertiary/aromatic N) is 2.